The Bertz CT molecular complexity index is 320. The summed E-state index contributed by atoms with van der Waals surface area (Å²) < 4.78 is 0. The lowest BCUT2D eigenvalue weighted by Crippen LogP contribution is -2.42. The fourth-order valence-electron chi connectivity index (χ4n) is 2.52. The molecule has 4 heteroatoms. The Labute approximate surface area is 95.0 Å². The van der Waals surface area contributed by atoms with Crippen molar-refractivity contribution in [1.82, 2.24) is 4.90 Å². The number of rotatable bonds is 1. The molecule has 16 heavy (non-hydrogen) atoms. The summed E-state index contributed by atoms with van der Waals surface area (Å²) in [7, 11) is 0. The number of hydrogen-bond acceptors (Lipinski definition) is 3. The van der Waals surface area contributed by atoms with Crippen molar-refractivity contribution < 1.29 is 14.4 Å². The molecule has 2 fully saturated rings. The third kappa shape index (κ3) is 1.66. The van der Waals surface area contributed by atoms with Gasteiger partial charge in [-0.2, -0.15) is 0 Å². The van der Waals surface area contributed by atoms with Crippen LogP contribution in [0.2, 0.25) is 0 Å². The average Bonchev–Trinajstić information content (AvgIpc) is 2.46. The third-order valence-electron chi connectivity index (χ3n) is 3.88. The van der Waals surface area contributed by atoms with E-state index in [1.54, 1.807) is 13.8 Å². The van der Waals surface area contributed by atoms with E-state index >= 15 is 0 Å². The summed E-state index contributed by atoms with van der Waals surface area (Å²) in [6.07, 6.45) is 2.31. The van der Waals surface area contributed by atoms with Crippen LogP contribution in [0.15, 0.2) is 0 Å². The van der Waals surface area contributed by atoms with Crippen molar-refractivity contribution in [2.45, 2.75) is 45.6 Å². The molecular weight excluding hydrogens is 206 g/mol. The summed E-state index contributed by atoms with van der Waals surface area (Å²) in [6.45, 7) is 3.61. The van der Waals surface area contributed by atoms with Gasteiger partial charge in [-0.1, -0.05) is 13.8 Å². The second-order valence-corrected chi connectivity index (χ2v) is 4.89. The molecule has 4 nitrogen and oxygen atoms in total. The Balaban J connectivity index is 2.12. The molecule has 0 N–H and O–H groups in total. The molecule has 0 radical (unpaired) electrons. The van der Waals surface area contributed by atoms with Gasteiger partial charge in [0, 0.05) is 30.7 Å². The van der Waals surface area contributed by atoms with Crippen LogP contribution in [0, 0.1) is 11.8 Å². The molecule has 2 atom stereocenters. The molecule has 0 aromatic rings. The lowest BCUT2D eigenvalue weighted by Gasteiger charge is -2.29. The van der Waals surface area contributed by atoms with Gasteiger partial charge < -0.3 is 0 Å². The Kier molecular flexibility index (Phi) is 2.82. The number of carbonyl (C=O) groups excluding carboxylic acids is 3. The molecule has 2 rings (SSSR count). The Morgan fingerprint density at radius 2 is 1.38 bits per heavy atom. The Morgan fingerprint density at radius 3 is 1.81 bits per heavy atom. The smallest absolute Gasteiger partial charge is 0.233 e. The van der Waals surface area contributed by atoms with Gasteiger partial charge in [-0.15, -0.1) is 0 Å². The summed E-state index contributed by atoms with van der Waals surface area (Å²) in [5.41, 5.74) is 0. The molecule has 2 aliphatic rings. The Morgan fingerprint density at radius 1 is 0.938 bits per heavy atom. The van der Waals surface area contributed by atoms with E-state index in [0.29, 0.717) is 25.7 Å². The summed E-state index contributed by atoms with van der Waals surface area (Å²) in [6, 6.07) is -0.0369. The maximum absolute atomic E-state index is 11.9. The summed E-state index contributed by atoms with van der Waals surface area (Å²) in [4.78, 5) is 36.4. The number of hydrogen-bond donors (Lipinski definition) is 0. The van der Waals surface area contributed by atoms with Gasteiger partial charge in [-0.05, 0) is 12.8 Å². The van der Waals surface area contributed by atoms with Gasteiger partial charge in [0.05, 0.1) is 0 Å². The number of carbonyl (C=O) groups is 3. The van der Waals surface area contributed by atoms with Crippen LogP contribution >= 0.6 is 0 Å². The van der Waals surface area contributed by atoms with Crippen molar-refractivity contribution in [1.29, 1.82) is 0 Å². The highest BCUT2D eigenvalue weighted by Crippen LogP contribution is 2.31. The minimum Gasteiger partial charge on any atom is -0.300 e. The zero-order valence-corrected chi connectivity index (χ0v) is 9.73. The van der Waals surface area contributed by atoms with Crippen LogP contribution in [-0.4, -0.2) is 28.5 Å². The van der Waals surface area contributed by atoms with Crippen molar-refractivity contribution in [2.75, 3.05) is 0 Å². The van der Waals surface area contributed by atoms with Crippen molar-refractivity contribution in [2.24, 2.45) is 11.8 Å². The van der Waals surface area contributed by atoms with Crippen LogP contribution in [0.1, 0.15) is 39.5 Å². The van der Waals surface area contributed by atoms with Gasteiger partial charge in [0.25, 0.3) is 0 Å². The highest BCUT2D eigenvalue weighted by atomic mass is 16.2. The lowest BCUT2D eigenvalue weighted by atomic mass is 9.93. The van der Waals surface area contributed by atoms with E-state index in [2.05, 4.69) is 0 Å². The second-order valence-electron chi connectivity index (χ2n) is 4.89. The van der Waals surface area contributed by atoms with E-state index < -0.39 is 0 Å². The SMILES string of the molecule is CC1C(=O)N(C2CCC(=O)CC2)C(=O)C1C. The van der Waals surface area contributed by atoms with Crippen LogP contribution < -0.4 is 0 Å². The van der Waals surface area contributed by atoms with Crippen LogP contribution in [0.25, 0.3) is 0 Å². The number of amides is 2. The highest BCUT2D eigenvalue weighted by Gasteiger charge is 2.45. The molecule has 2 unspecified atom stereocenters. The minimum absolute atomic E-state index is 0.0369. The van der Waals surface area contributed by atoms with Crippen molar-refractivity contribution >= 4 is 17.6 Å². The van der Waals surface area contributed by atoms with E-state index in [9.17, 15) is 14.4 Å². The first-order valence-corrected chi connectivity index (χ1v) is 5.91. The van der Waals surface area contributed by atoms with E-state index in [0.717, 1.165) is 0 Å². The van der Waals surface area contributed by atoms with Crippen LogP contribution in [-0.2, 0) is 14.4 Å². The minimum atomic E-state index is -0.204. The maximum Gasteiger partial charge on any atom is 0.233 e. The highest BCUT2D eigenvalue weighted by molar-refractivity contribution is 6.05. The first-order chi connectivity index (χ1) is 7.52. The van der Waals surface area contributed by atoms with E-state index in [-0.39, 0.29) is 35.5 Å². The van der Waals surface area contributed by atoms with Crippen molar-refractivity contribution in [3.05, 3.63) is 0 Å². The molecule has 88 valence electrons. The molecule has 0 aromatic carbocycles. The van der Waals surface area contributed by atoms with E-state index in [4.69, 9.17) is 0 Å². The molecule has 0 bridgehead atoms. The lowest BCUT2D eigenvalue weighted by molar-refractivity contribution is -0.144. The van der Waals surface area contributed by atoms with Gasteiger partial charge >= 0.3 is 0 Å². The average molecular weight is 223 g/mol. The molecule has 1 aliphatic carbocycles. The zero-order chi connectivity index (χ0) is 11.9. The maximum atomic E-state index is 11.9. The normalized spacial score (nSPS) is 32.6. The number of nitrogens with zero attached hydrogens (tertiary/aromatic N) is 1. The number of ketones is 1. The fourth-order valence-corrected chi connectivity index (χ4v) is 2.52. The van der Waals surface area contributed by atoms with Crippen molar-refractivity contribution in [3.63, 3.8) is 0 Å². The van der Waals surface area contributed by atoms with E-state index in [1.165, 1.54) is 4.90 Å². The molecule has 1 heterocycles. The predicted molar refractivity (Wildman–Crippen MR) is 57.4 cm³/mol. The van der Waals surface area contributed by atoms with Gasteiger partial charge in [-0.25, -0.2) is 0 Å². The monoisotopic (exact) mass is 223 g/mol. The summed E-state index contributed by atoms with van der Waals surface area (Å²) in [5.74, 6) is -0.277. The molecule has 0 spiro atoms. The number of imide groups is 1. The molecule has 1 saturated carbocycles. The first-order valence-electron chi connectivity index (χ1n) is 5.91. The first kappa shape index (κ1) is 11.3. The van der Waals surface area contributed by atoms with Crippen LogP contribution in [0.3, 0.4) is 0 Å². The Hall–Kier alpha value is -1.19. The molecular formula is C12H17NO3. The molecule has 1 saturated heterocycles. The van der Waals surface area contributed by atoms with Gasteiger partial charge in [0.15, 0.2) is 0 Å². The third-order valence-corrected chi connectivity index (χ3v) is 3.88. The fraction of sp³-hybridized carbons (Fsp3) is 0.750. The van der Waals surface area contributed by atoms with E-state index in [1.807, 2.05) is 0 Å². The second kappa shape index (κ2) is 4.00. The van der Waals surface area contributed by atoms with Gasteiger partial charge in [-0.3, -0.25) is 19.3 Å². The zero-order valence-electron chi connectivity index (χ0n) is 9.73. The topological polar surface area (TPSA) is 54.5 Å². The van der Waals surface area contributed by atoms with Gasteiger partial charge in [0.2, 0.25) is 11.8 Å². The quantitative estimate of drug-likeness (QED) is 0.626. The molecule has 2 amide bonds. The number of Topliss-reactive ketones (excluding diaryl/α,β-unsaturated/α-hetero) is 1. The van der Waals surface area contributed by atoms with Crippen LogP contribution in [0.4, 0.5) is 0 Å². The molecule has 1 aliphatic heterocycles. The molecule has 0 aromatic heterocycles. The standard InChI is InChI=1S/C12H17NO3/c1-7-8(2)12(16)13(11(7)15)9-3-5-10(14)6-4-9/h7-9H,3-6H2,1-2H3. The van der Waals surface area contributed by atoms with Crippen LogP contribution in [0.5, 0.6) is 0 Å². The van der Waals surface area contributed by atoms with Crippen molar-refractivity contribution in [3.8, 4) is 0 Å². The summed E-state index contributed by atoms with van der Waals surface area (Å²) >= 11 is 0. The largest absolute Gasteiger partial charge is 0.300 e. The number of likely N-dealkylation sites (tertiary alicyclic amines) is 1. The predicted octanol–water partition coefficient (Wildman–Crippen LogP) is 1.14. The summed E-state index contributed by atoms with van der Waals surface area (Å²) in [5, 5.41) is 0. The van der Waals surface area contributed by atoms with Gasteiger partial charge in [0.1, 0.15) is 5.78 Å².